The lowest BCUT2D eigenvalue weighted by atomic mass is 9.99. The van der Waals surface area contributed by atoms with Crippen LogP contribution in [0.15, 0.2) is 65.5 Å². The number of amides is 1. The Morgan fingerprint density at radius 3 is 2.81 bits per heavy atom. The average Bonchev–Trinajstić information content (AvgIpc) is 3.44. The van der Waals surface area contributed by atoms with Crippen molar-refractivity contribution in [3.63, 3.8) is 0 Å². The fourth-order valence-electron chi connectivity index (χ4n) is 3.98. The standard InChI is InChI=1S/C23H22ClN5O2/c1-2-15-6-8-16(9-7-15)19-13-20-23(30)28(10-11-29(20)26-19)14-21-25-22(27-31-21)17-4-3-5-18(24)12-17/h3-12,19-20,26H,2,13-14H2,1H3. The van der Waals surface area contributed by atoms with E-state index in [-0.39, 0.29) is 24.5 Å². The molecule has 8 heteroatoms. The lowest BCUT2D eigenvalue weighted by Crippen LogP contribution is -2.47. The molecule has 158 valence electrons. The summed E-state index contributed by atoms with van der Waals surface area (Å²) in [4.78, 5) is 19.1. The lowest BCUT2D eigenvalue weighted by molar-refractivity contribution is -0.135. The molecule has 5 rings (SSSR count). The monoisotopic (exact) mass is 435 g/mol. The molecule has 2 aromatic carbocycles. The van der Waals surface area contributed by atoms with Crippen LogP contribution in [0.4, 0.5) is 0 Å². The zero-order valence-corrected chi connectivity index (χ0v) is 17.8. The van der Waals surface area contributed by atoms with Gasteiger partial charge in [-0.2, -0.15) is 4.98 Å². The minimum absolute atomic E-state index is 0.00480. The van der Waals surface area contributed by atoms with Crippen LogP contribution in [0.3, 0.4) is 0 Å². The van der Waals surface area contributed by atoms with Crippen LogP contribution in [0.5, 0.6) is 0 Å². The Hall–Kier alpha value is -3.16. The van der Waals surface area contributed by atoms with E-state index in [1.807, 2.05) is 23.3 Å². The first-order valence-corrected chi connectivity index (χ1v) is 10.7. The summed E-state index contributed by atoms with van der Waals surface area (Å²) in [5, 5.41) is 6.51. The SMILES string of the molecule is CCc1ccc(C2CC3C(=O)N(Cc4nc(-c5cccc(Cl)c5)no4)C=CN3N2)cc1. The molecule has 0 radical (unpaired) electrons. The number of hydrogen-bond acceptors (Lipinski definition) is 6. The Morgan fingerprint density at radius 2 is 2.03 bits per heavy atom. The molecule has 7 nitrogen and oxygen atoms in total. The molecule has 31 heavy (non-hydrogen) atoms. The van der Waals surface area contributed by atoms with Gasteiger partial charge in [0.05, 0.1) is 6.04 Å². The zero-order chi connectivity index (χ0) is 21.4. The number of halogens is 1. The fourth-order valence-corrected chi connectivity index (χ4v) is 4.17. The Balaban J connectivity index is 1.27. The second kappa shape index (κ2) is 8.17. The van der Waals surface area contributed by atoms with E-state index in [4.69, 9.17) is 16.1 Å². The first-order valence-electron chi connectivity index (χ1n) is 10.3. The number of aryl methyl sites for hydroxylation is 1. The molecule has 0 spiro atoms. The number of carbonyl (C=O) groups is 1. The van der Waals surface area contributed by atoms with Crippen molar-refractivity contribution in [1.82, 2.24) is 25.5 Å². The summed E-state index contributed by atoms with van der Waals surface area (Å²) in [6.45, 7) is 2.37. The number of rotatable bonds is 5. The van der Waals surface area contributed by atoms with Crippen molar-refractivity contribution >= 4 is 17.5 Å². The number of benzene rings is 2. The predicted molar refractivity (Wildman–Crippen MR) is 116 cm³/mol. The molecule has 1 amide bonds. The van der Waals surface area contributed by atoms with E-state index in [0.29, 0.717) is 23.2 Å². The van der Waals surface area contributed by atoms with Crippen molar-refractivity contribution in [3.8, 4) is 11.4 Å². The third kappa shape index (κ3) is 3.94. The first-order chi connectivity index (χ1) is 15.1. The highest BCUT2D eigenvalue weighted by atomic mass is 35.5. The smallest absolute Gasteiger partial charge is 0.251 e. The molecule has 0 bridgehead atoms. The van der Waals surface area contributed by atoms with Gasteiger partial charge in [0.1, 0.15) is 12.6 Å². The van der Waals surface area contributed by atoms with Crippen LogP contribution in [0.25, 0.3) is 11.4 Å². The van der Waals surface area contributed by atoms with Gasteiger partial charge in [0.2, 0.25) is 11.7 Å². The summed E-state index contributed by atoms with van der Waals surface area (Å²) in [5.74, 6) is 0.829. The van der Waals surface area contributed by atoms with E-state index in [1.165, 1.54) is 11.1 Å². The molecule has 2 aliphatic heterocycles. The van der Waals surface area contributed by atoms with Crippen molar-refractivity contribution < 1.29 is 9.32 Å². The molecule has 2 atom stereocenters. The highest BCUT2D eigenvalue weighted by Crippen LogP contribution is 2.31. The summed E-state index contributed by atoms with van der Waals surface area (Å²) >= 11 is 6.04. The van der Waals surface area contributed by atoms with E-state index >= 15 is 0 Å². The highest BCUT2D eigenvalue weighted by molar-refractivity contribution is 6.30. The van der Waals surface area contributed by atoms with Gasteiger partial charge >= 0.3 is 0 Å². The van der Waals surface area contributed by atoms with Crippen LogP contribution in [0, 0.1) is 0 Å². The normalized spacial score (nSPS) is 20.4. The molecule has 2 aliphatic rings. The van der Waals surface area contributed by atoms with Crippen molar-refractivity contribution in [2.45, 2.75) is 38.4 Å². The second-order valence-corrected chi connectivity index (χ2v) is 8.16. The van der Waals surface area contributed by atoms with Crippen molar-refractivity contribution in [2.24, 2.45) is 0 Å². The van der Waals surface area contributed by atoms with Crippen LogP contribution < -0.4 is 5.43 Å². The summed E-state index contributed by atoms with van der Waals surface area (Å²) < 4.78 is 5.37. The molecule has 0 saturated carbocycles. The number of nitrogens with one attached hydrogen (secondary N) is 1. The molecule has 1 N–H and O–H groups in total. The Kier molecular flexibility index (Phi) is 5.21. The summed E-state index contributed by atoms with van der Waals surface area (Å²) in [7, 11) is 0. The van der Waals surface area contributed by atoms with Gasteiger partial charge in [-0.05, 0) is 36.1 Å². The summed E-state index contributed by atoms with van der Waals surface area (Å²) in [6.07, 6.45) is 5.35. The zero-order valence-electron chi connectivity index (χ0n) is 17.0. The summed E-state index contributed by atoms with van der Waals surface area (Å²) in [5.41, 5.74) is 6.68. The van der Waals surface area contributed by atoms with E-state index < -0.39 is 0 Å². The molecule has 2 unspecified atom stereocenters. The van der Waals surface area contributed by atoms with Crippen LogP contribution in [-0.4, -0.2) is 32.0 Å². The van der Waals surface area contributed by atoms with Crippen LogP contribution in [0.2, 0.25) is 5.02 Å². The van der Waals surface area contributed by atoms with Gasteiger partial charge in [-0.3, -0.25) is 4.79 Å². The highest BCUT2D eigenvalue weighted by Gasteiger charge is 2.40. The summed E-state index contributed by atoms with van der Waals surface area (Å²) in [6, 6.07) is 15.6. The van der Waals surface area contributed by atoms with Crippen molar-refractivity contribution in [3.05, 3.63) is 83.0 Å². The predicted octanol–water partition coefficient (Wildman–Crippen LogP) is 4.09. The number of fused-ring (bicyclic) bond motifs is 1. The van der Waals surface area contributed by atoms with Crippen LogP contribution in [0.1, 0.15) is 36.4 Å². The van der Waals surface area contributed by atoms with E-state index in [1.54, 1.807) is 23.2 Å². The number of hydrazine groups is 1. The largest absolute Gasteiger partial charge is 0.337 e. The maximum absolute atomic E-state index is 13.1. The van der Waals surface area contributed by atoms with E-state index in [9.17, 15) is 4.79 Å². The molecule has 1 saturated heterocycles. The first kappa shape index (κ1) is 19.8. The molecule has 3 aromatic rings. The van der Waals surface area contributed by atoms with Crippen molar-refractivity contribution in [2.75, 3.05) is 0 Å². The van der Waals surface area contributed by atoms with Gasteiger partial charge in [-0.25, -0.2) is 5.43 Å². The van der Waals surface area contributed by atoms with E-state index in [2.05, 4.69) is 46.8 Å². The number of carbonyl (C=O) groups excluding carboxylic acids is 1. The van der Waals surface area contributed by atoms with Gasteiger partial charge in [-0.1, -0.05) is 60.1 Å². The number of nitrogens with zero attached hydrogens (tertiary/aromatic N) is 4. The second-order valence-electron chi connectivity index (χ2n) is 7.72. The van der Waals surface area contributed by atoms with Gasteiger partial charge < -0.3 is 14.4 Å². The molecular weight excluding hydrogens is 414 g/mol. The Labute approximate surface area is 185 Å². The molecule has 1 aromatic heterocycles. The maximum atomic E-state index is 13.1. The molecule has 1 fully saturated rings. The van der Waals surface area contributed by atoms with E-state index in [0.717, 1.165) is 12.0 Å². The fraction of sp³-hybridized carbons (Fsp3) is 0.261. The molecule has 0 aliphatic carbocycles. The molecular formula is C23H22ClN5O2. The third-order valence-corrected chi connectivity index (χ3v) is 5.96. The quantitative estimate of drug-likeness (QED) is 0.650. The topological polar surface area (TPSA) is 74.5 Å². The van der Waals surface area contributed by atoms with Crippen molar-refractivity contribution in [1.29, 1.82) is 0 Å². The molecule has 3 heterocycles. The Morgan fingerprint density at radius 1 is 1.19 bits per heavy atom. The minimum atomic E-state index is -0.267. The maximum Gasteiger partial charge on any atom is 0.251 e. The third-order valence-electron chi connectivity index (χ3n) is 5.72. The lowest BCUT2D eigenvalue weighted by Gasteiger charge is -2.30. The number of aromatic nitrogens is 2. The van der Waals surface area contributed by atoms with Crippen LogP contribution >= 0.6 is 11.6 Å². The van der Waals surface area contributed by atoms with Gasteiger partial charge in [0.15, 0.2) is 0 Å². The number of hydrogen-bond donors (Lipinski definition) is 1. The minimum Gasteiger partial charge on any atom is -0.337 e. The van der Waals surface area contributed by atoms with Gasteiger partial charge in [-0.15, -0.1) is 0 Å². The average molecular weight is 436 g/mol. The van der Waals surface area contributed by atoms with Crippen LogP contribution in [-0.2, 0) is 17.8 Å². The Bertz CT molecular complexity index is 1130. The van der Waals surface area contributed by atoms with Gasteiger partial charge in [0, 0.05) is 23.0 Å². The van der Waals surface area contributed by atoms with Gasteiger partial charge in [0.25, 0.3) is 5.91 Å².